The second-order valence-corrected chi connectivity index (χ2v) is 4.96. The van der Waals surface area contributed by atoms with Crippen molar-refractivity contribution in [2.24, 2.45) is 0 Å². The van der Waals surface area contributed by atoms with Gasteiger partial charge in [0.05, 0.1) is 18.8 Å². The highest BCUT2D eigenvalue weighted by Gasteiger charge is 2.25. The first kappa shape index (κ1) is 12.5. The predicted octanol–water partition coefficient (Wildman–Crippen LogP) is 1.71. The molecule has 0 aliphatic carbocycles. The number of rotatable bonds is 2. The molecule has 0 aromatic heterocycles. The zero-order valence-electron chi connectivity index (χ0n) is 9.12. The summed E-state index contributed by atoms with van der Waals surface area (Å²) < 4.78 is 6.31. The Morgan fingerprint density at radius 1 is 1.53 bits per heavy atom. The molecule has 1 fully saturated rings. The summed E-state index contributed by atoms with van der Waals surface area (Å²) in [4.78, 5) is 13.5. The molecule has 0 aromatic rings. The van der Waals surface area contributed by atoms with E-state index in [0.717, 1.165) is 4.48 Å². The van der Waals surface area contributed by atoms with Gasteiger partial charge in [0.25, 0.3) is 0 Å². The maximum Gasteiger partial charge on any atom is 0.317 e. The lowest BCUT2D eigenvalue weighted by atomic mass is 10.2. The summed E-state index contributed by atoms with van der Waals surface area (Å²) in [5, 5.41) is 2.78. The van der Waals surface area contributed by atoms with Crippen LogP contribution in [0.1, 0.15) is 13.8 Å². The summed E-state index contributed by atoms with van der Waals surface area (Å²) in [5.41, 5.74) is 0. The van der Waals surface area contributed by atoms with Crippen LogP contribution in [0.2, 0.25) is 0 Å². The summed E-state index contributed by atoms with van der Waals surface area (Å²) in [5.74, 6) is 0. The van der Waals surface area contributed by atoms with Crippen LogP contribution < -0.4 is 5.32 Å². The van der Waals surface area contributed by atoms with Crippen LogP contribution in [-0.4, -0.2) is 42.8 Å². The van der Waals surface area contributed by atoms with Gasteiger partial charge >= 0.3 is 6.03 Å². The van der Waals surface area contributed by atoms with Gasteiger partial charge in [0.2, 0.25) is 0 Å². The molecular weight excluding hydrogens is 260 g/mol. The first-order valence-corrected chi connectivity index (χ1v) is 5.80. The van der Waals surface area contributed by atoms with Gasteiger partial charge in [-0.25, -0.2) is 4.79 Å². The highest BCUT2D eigenvalue weighted by Crippen LogP contribution is 2.10. The van der Waals surface area contributed by atoms with Gasteiger partial charge in [-0.3, -0.25) is 0 Å². The average Bonchev–Trinajstić information content (AvgIpc) is 2.12. The normalized spacial score (nSPS) is 26.2. The largest absolute Gasteiger partial charge is 0.372 e. The first-order chi connectivity index (χ1) is 6.99. The lowest BCUT2D eigenvalue weighted by Crippen LogP contribution is -2.51. The molecule has 1 N–H and O–H groups in total. The average molecular weight is 277 g/mol. The zero-order chi connectivity index (χ0) is 11.4. The number of nitrogens with zero attached hydrogens (tertiary/aromatic N) is 1. The quantitative estimate of drug-likeness (QED) is 0.835. The maximum absolute atomic E-state index is 11.7. The van der Waals surface area contributed by atoms with Crippen LogP contribution in [0.4, 0.5) is 4.79 Å². The van der Waals surface area contributed by atoms with Gasteiger partial charge in [0.15, 0.2) is 0 Å². The molecule has 2 atom stereocenters. The van der Waals surface area contributed by atoms with E-state index in [1.165, 1.54) is 0 Å². The Hall–Kier alpha value is -0.550. The number of urea groups is 1. The van der Waals surface area contributed by atoms with Crippen LogP contribution in [0.15, 0.2) is 11.1 Å². The minimum atomic E-state index is -0.0578. The lowest BCUT2D eigenvalue weighted by molar-refractivity contribution is -0.0544. The van der Waals surface area contributed by atoms with Crippen molar-refractivity contribution in [2.45, 2.75) is 26.1 Å². The molecule has 2 unspecified atom stereocenters. The van der Waals surface area contributed by atoms with Crippen LogP contribution >= 0.6 is 15.9 Å². The Morgan fingerprint density at radius 3 is 2.53 bits per heavy atom. The van der Waals surface area contributed by atoms with E-state index < -0.39 is 0 Å². The molecule has 1 aliphatic rings. The first-order valence-electron chi connectivity index (χ1n) is 5.00. The van der Waals surface area contributed by atoms with Gasteiger partial charge < -0.3 is 15.0 Å². The van der Waals surface area contributed by atoms with Crippen molar-refractivity contribution in [3.8, 4) is 0 Å². The molecule has 0 bridgehead atoms. The van der Waals surface area contributed by atoms with Crippen LogP contribution in [0, 0.1) is 0 Å². The number of morpholine rings is 1. The Labute approximate surface area is 98.8 Å². The van der Waals surface area contributed by atoms with E-state index in [0.29, 0.717) is 19.6 Å². The van der Waals surface area contributed by atoms with Crippen molar-refractivity contribution in [3.63, 3.8) is 0 Å². The van der Waals surface area contributed by atoms with Crippen molar-refractivity contribution in [1.29, 1.82) is 0 Å². The molecule has 1 heterocycles. The van der Waals surface area contributed by atoms with Gasteiger partial charge in [0, 0.05) is 17.6 Å². The van der Waals surface area contributed by atoms with Crippen LogP contribution in [-0.2, 0) is 4.74 Å². The zero-order valence-corrected chi connectivity index (χ0v) is 10.7. The van der Waals surface area contributed by atoms with Gasteiger partial charge in [-0.15, -0.1) is 0 Å². The Bertz CT molecular complexity index is 248. The van der Waals surface area contributed by atoms with E-state index in [2.05, 4.69) is 27.8 Å². The van der Waals surface area contributed by atoms with E-state index in [1.54, 1.807) is 4.90 Å². The van der Waals surface area contributed by atoms with E-state index in [-0.39, 0.29) is 18.2 Å². The summed E-state index contributed by atoms with van der Waals surface area (Å²) >= 11 is 3.20. The Kier molecular flexibility index (Phi) is 4.60. The minimum absolute atomic E-state index is 0.0578. The van der Waals surface area contributed by atoms with Gasteiger partial charge in [0.1, 0.15) is 0 Å². The van der Waals surface area contributed by atoms with Crippen LogP contribution in [0.25, 0.3) is 0 Å². The second kappa shape index (κ2) is 5.51. The molecule has 2 amide bonds. The third-order valence-corrected chi connectivity index (χ3v) is 2.42. The lowest BCUT2D eigenvalue weighted by Gasteiger charge is -2.35. The van der Waals surface area contributed by atoms with E-state index in [1.807, 2.05) is 13.8 Å². The SMILES string of the molecule is C=C(Br)CNC(=O)N1CC(C)OC(C)C1. The number of hydrogen-bond acceptors (Lipinski definition) is 2. The molecule has 1 saturated heterocycles. The van der Waals surface area contributed by atoms with Crippen LogP contribution in [0.5, 0.6) is 0 Å². The molecular formula is C10H17BrN2O2. The molecule has 1 aliphatic heterocycles. The van der Waals surface area contributed by atoms with Crippen molar-refractivity contribution >= 4 is 22.0 Å². The number of ether oxygens (including phenoxy) is 1. The maximum atomic E-state index is 11.7. The topological polar surface area (TPSA) is 41.6 Å². The number of carbonyl (C=O) groups excluding carboxylic acids is 1. The number of carbonyl (C=O) groups is 1. The van der Waals surface area contributed by atoms with Gasteiger partial charge in [-0.1, -0.05) is 22.5 Å². The van der Waals surface area contributed by atoms with Crippen molar-refractivity contribution in [2.75, 3.05) is 19.6 Å². The molecule has 4 nitrogen and oxygen atoms in total. The van der Waals surface area contributed by atoms with Crippen molar-refractivity contribution < 1.29 is 9.53 Å². The fraction of sp³-hybridized carbons (Fsp3) is 0.700. The molecule has 86 valence electrons. The van der Waals surface area contributed by atoms with E-state index >= 15 is 0 Å². The predicted molar refractivity (Wildman–Crippen MR) is 63.0 cm³/mol. The summed E-state index contributed by atoms with van der Waals surface area (Å²) in [7, 11) is 0. The highest BCUT2D eigenvalue weighted by atomic mass is 79.9. The number of nitrogens with one attached hydrogen (secondary N) is 1. The standard InChI is InChI=1S/C10H17BrN2O2/c1-7(11)4-12-10(14)13-5-8(2)15-9(3)6-13/h8-9H,1,4-6H2,2-3H3,(H,12,14). The molecule has 1 rings (SSSR count). The second-order valence-electron chi connectivity index (χ2n) is 3.84. The Morgan fingerprint density at radius 2 is 2.07 bits per heavy atom. The number of amides is 2. The Balaban J connectivity index is 2.41. The molecule has 0 radical (unpaired) electrons. The number of hydrogen-bond donors (Lipinski definition) is 1. The van der Waals surface area contributed by atoms with Crippen molar-refractivity contribution in [1.82, 2.24) is 10.2 Å². The third kappa shape index (κ3) is 4.22. The van der Waals surface area contributed by atoms with Crippen molar-refractivity contribution in [3.05, 3.63) is 11.1 Å². The molecule has 0 saturated carbocycles. The molecule has 0 aromatic carbocycles. The van der Waals surface area contributed by atoms with E-state index in [9.17, 15) is 4.79 Å². The molecule has 5 heteroatoms. The van der Waals surface area contributed by atoms with Gasteiger partial charge in [-0.05, 0) is 13.8 Å². The smallest absolute Gasteiger partial charge is 0.317 e. The number of halogens is 1. The summed E-state index contributed by atoms with van der Waals surface area (Å²) in [6.45, 7) is 9.35. The van der Waals surface area contributed by atoms with Crippen LogP contribution in [0.3, 0.4) is 0 Å². The summed E-state index contributed by atoms with van der Waals surface area (Å²) in [6.07, 6.45) is 0.207. The molecule has 15 heavy (non-hydrogen) atoms. The monoisotopic (exact) mass is 276 g/mol. The third-order valence-electron chi connectivity index (χ3n) is 2.14. The highest BCUT2D eigenvalue weighted by molar-refractivity contribution is 9.11. The summed E-state index contributed by atoms with van der Waals surface area (Å²) in [6, 6.07) is -0.0578. The molecule has 0 spiro atoms. The fourth-order valence-electron chi connectivity index (χ4n) is 1.63. The fourth-order valence-corrected chi connectivity index (χ4v) is 1.77. The van der Waals surface area contributed by atoms with E-state index in [4.69, 9.17) is 4.74 Å². The minimum Gasteiger partial charge on any atom is -0.372 e. The van der Waals surface area contributed by atoms with Gasteiger partial charge in [-0.2, -0.15) is 0 Å².